The summed E-state index contributed by atoms with van der Waals surface area (Å²) in [6.07, 6.45) is 0. The van der Waals surface area contributed by atoms with Gasteiger partial charge in [-0.3, -0.25) is 4.79 Å². The number of rotatable bonds is 4. The Kier molecular flexibility index (Phi) is 4.71. The predicted octanol–water partition coefficient (Wildman–Crippen LogP) is 4.70. The van der Waals surface area contributed by atoms with Crippen molar-refractivity contribution in [2.24, 2.45) is 0 Å². The molecule has 0 radical (unpaired) electrons. The van der Waals surface area contributed by atoms with Crippen molar-refractivity contribution in [3.63, 3.8) is 0 Å². The average molecular weight is 343 g/mol. The molecule has 0 aliphatic heterocycles. The first-order chi connectivity index (χ1) is 9.06. The lowest BCUT2D eigenvalue weighted by atomic mass is 10.1. The van der Waals surface area contributed by atoms with Crippen molar-refractivity contribution < 1.29 is 13.6 Å². The lowest BCUT2D eigenvalue weighted by Gasteiger charge is -2.03. The van der Waals surface area contributed by atoms with Gasteiger partial charge in [0.15, 0.2) is 5.78 Å². The van der Waals surface area contributed by atoms with Crippen LogP contribution in [0.2, 0.25) is 0 Å². The summed E-state index contributed by atoms with van der Waals surface area (Å²) in [6.45, 7) is 0. The number of ketones is 1. The average Bonchev–Trinajstić information content (AvgIpc) is 2.40. The van der Waals surface area contributed by atoms with Crippen LogP contribution in [0, 0.1) is 11.6 Å². The van der Waals surface area contributed by atoms with Crippen molar-refractivity contribution in [2.45, 2.75) is 4.90 Å². The molecule has 98 valence electrons. The standard InChI is InChI=1S/C14H9BrF2OS/c15-9-1-4-11(5-2-9)19-8-14(18)12-7-10(16)3-6-13(12)17/h1-7H,8H2. The molecule has 0 fully saturated rings. The summed E-state index contributed by atoms with van der Waals surface area (Å²) in [5.74, 6) is -1.66. The van der Waals surface area contributed by atoms with Gasteiger partial charge in [0.2, 0.25) is 0 Å². The van der Waals surface area contributed by atoms with Gasteiger partial charge in [-0.1, -0.05) is 15.9 Å². The molecule has 2 aromatic rings. The molecule has 0 amide bonds. The normalized spacial score (nSPS) is 10.5. The number of hydrogen-bond donors (Lipinski definition) is 0. The minimum absolute atomic E-state index is 0.0714. The highest BCUT2D eigenvalue weighted by molar-refractivity contribution is 9.10. The molecule has 0 saturated carbocycles. The summed E-state index contributed by atoms with van der Waals surface area (Å²) in [4.78, 5) is 12.7. The minimum atomic E-state index is -0.692. The molecule has 0 saturated heterocycles. The summed E-state index contributed by atoms with van der Waals surface area (Å²) in [6, 6.07) is 10.3. The second-order valence-electron chi connectivity index (χ2n) is 3.79. The lowest BCUT2D eigenvalue weighted by molar-refractivity contribution is 0.101. The first kappa shape index (κ1) is 14.2. The van der Waals surface area contributed by atoms with Crippen LogP contribution in [0.5, 0.6) is 0 Å². The van der Waals surface area contributed by atoms with E-state index in [0.717, 1.165) is 27.6 Å². The molecular formula is C14H9BrF2OS. The van der Waals surface area contributed by atoms with Gasteiger partial charge >= 0.3 is 0 Å². The third-order valence-electron chi connectivity index (χ3n) is 2.41. The van der Waals surface area contributed by atoms with Crippen LogP contribution >= 0.6 is 27.7 Å². The highest BCUT2D eigenvalue weighted by Gasteiger charge is 2.13. The largest absolute Gasteiger partial charge is 0.293 e. The fraction of sp³-hybridized carbons (Fsp3) is 0.0714. The molecular weight excluding hydrogens is 334 g/mol. The van der Waals surface area contributed by atoms with Crippen LogP contribution in [0.1, 0.15) is 10.4 Å². The van der Waals surface area contributed by atoms with Gasteiger partial charge in [-0.2, -0.15) is 0 Å². The number of hydrogen-bond acceptors (Lipinski definition) is 2. The zero-order valence-corrected chi connectivity index (χ0v) is 12.1. The lowest BCUT2D eigenvalue weighted by Crippen LogP contribution is -2.05. The van der Waals surface area contributed by atoms with Crippen LogP contribution in [0.3, 0.4) is 0 Å². The highest BCUT2D eigenvalue weighted by Crippen LogP contribution is 2.22. The van der Waals surface area contributed by atoms with E-state index in [0.29, 0.717) is 0 Å². The molecule has 5 heteroatoms. The summed E-state index contributed by atoms with van der Waals surface area (Å²) in [7, 11) is 0. The Bertz CT molecular complexity index is 599. The molecule has 0 aromatic heterocycles. The Morgan fingerprint density at radius 1 is 1.11 bits per heavy atom. The Balaban J connectivity index is 2.05. The van der Waals surface area contributed by atoms with E-state index in [2.05, 4.69) is 15.9 Å². The Morgan fingerprint density at radius 3 is 2.47 bits per heavy atom. The summed E-state index contributed by atoms with van der Waals surface area (Å²) in [5.41, 5.74) is -0.204. The van der Waals surface area contributed by atoms with Crippen LogP contribution in [0.15, 0.2) is 51.8 Å². The van der Waals surface area contributed by atoms with Gasteiger partial charge in [-0.15, -0.1) is 11.8 Å². The van der Waals surface area contributed by atoms with Gasteiger partial charge in [0.25, 0.3) is 0 Å². The van der Waals surface area contributed by atoms with E-state index in [-0.39, 0.29) is 11.3 Å². The first-order valence-electron chi connectivity index (χ1n) is 5.43. The van der Waals surface area contributed by atoms with Gasteiger partial charge in [0, 0.05) is 9.37 Å². The summed E-state index contributed by atoms with van der Waals surface area (Å²) in [5, 5.41) is 0. The second kappa shape index (κ2) is 6.30. The molecule has 1 nitrogen and oxygen atoms in total. The van der Waals surface area contributed by atoms with Gasteiger partial charge in [-0.25, -0.2) is 8.78 Å². The van der Waals surface area contributed by atoms with E-state index in [4.69, 9.17) is 0 Å². The van der Waals surface area contributed by atoms with E-state index in [1.165, 1.54) is 11.8 Å². The van der Waals surface area contributed by atoms with Crippen LogP contribution in [0.25, 0.3) is 0 Å². The van der Waals surface area contributed by atoms with Crippen molar-refractivity contribution in [1.82, 2.24) is 0 Å². The van der Waals surface area contributed by atoms with Crippen molar-refractivity contribution >= 4 is 33.5 Å². The van der Waals surface area contributed by atoms with Crippen LogP contribution in [-0.2, 0) is 0 Å². The molecule has 0 aliphatic rings. The first-order valence-corrected chi connectivity index (χ1v) is 7.21. The molecule has 0 atom stereocenters. The van der Waals surface area contributed by atoms with Crippen molar-refractivity contribution in [1.29, 1.82) is 0 Å². The number of carbonyl (C=O) groups excluding carboxylic acids is 1. The van der Waals surface area contributed by atoms with Crippen LogP contribution in [-0.4, -0.2) is 11.5 Å². The van der Waals surface area contributed by atoms with Crippen molar-refractivity contribution in [3.8, 4) is 0 Å². The molecule has 0 aliphatic carbocycles. The van der Waals surface area contributed by atoms with Crippen molar-refractivity contribution in [3.05, 3.63) is 64.1 Å². The third kappa shape index (κ3) is 3.88. The van der Waals surface area contributed by atoms with E-state index in [1.807, 2.05) is 24.3 Å². The maximum Gasteiger partial charge on any atom is 0.176 e. The van der Waals surface area contributed by atoms with Gasteiger partial charge < -0.3 is 0 Å². The van der Waals surface area contributed by atoms with Gasteiger partial charge in [0.1, 0.15) is 11.6 Å². The molecule has 0 heterocycles. The monoisotopic (exact) mass is 342 g/mol. The number of carbonyl (C=O) groups is 1. The van der Waals surface area contributed by atoms with Gasteiger partial charge in [0.05, 0.1) is 11.3 Å². The Labute approximate surface area is 122 Å². The van der Waals surface area contributed by atoms with Gasteiger partial charge in [-0.05, 0) is 42.5 Å². The number of benzene rings is 2. The smallest absolute Gasteiger partial charge is 0.176 e. The fourth-order valence-electron chi connectivity index (χ4n) is 1.47. The predicted molar refractivity (Wildman–Crippen MR) is 75.6 cm³/mol. The Hall–Kier alpha value is -1.20. The second-order valence-corrected chi connectivity index (χ2v) is 5.75. The zero-order chi connectivity index (χ0) is 13.8. The molecule has 19 heavy (non-hydrogen) atoms. The molecule has 0 unspecified atom stereocenters. The maximum atomic E-state index is 13.4. The summed E-state index contributed by atoms with van der Waals surface area (Å²) >= 11 is 4.60. The van der Waals surface area contributed by atoms with E-state index < -0.39 is 17.4 Å². The minimum Gasteiger partial charge on any atom is -0.293 e. The van der Waals surface area contributed by atoms with E-state index in [9.17, 15) is 13.6 Å². The Morgan fingerprint density at radius 2 is 1.79 bits per heavy atom. The molecule has 0 bridgehead atoms. The molecule has 0 spiro atoms. The number of halogens is 3. The fourth-order valence-corrected chi connectivity index (χ4v) is 2.51. The van der Waals surface area contributed by atoms with Crippen molar-refractivity contribution in [2.75, 3.05) is 5.75 Å². The highest BCUT2D eigenvalue weighted by atomic mass is 79.9. The van der Waals surface area contributed by atoms with E-state index >= 15 is 0 Å². The van der Waals surface area contributed by atoms with E-state index in [1.54, 1.807) is 0 Å². The molecule has 2 aromatic carbocycles. The quantitative estimate of drug-likeness (QED) is 0.591. The van der Waals surface area contributed by atoms with Crippen LogP contribution in [0.4, 0.5) is 8.78 Å². The molecule has 2 rings (SSSR count). The summed E-state index contributed by atoms with van der Waals surface area (Å²) < 4.78 is 27.3. The number of thioether (sulfide) groups is 1. The zero-order valence-electron chi connectivity index (χ0n) is 9.70. The number of Topliss-reactive ketones (excluding diaryl/α,β-unsaturated/α-hetero) is 1. The molecule has 0 N–H and O–H groups in total. The third-order valence-corrected chi connectivity index (χ3v) is 3.95. The maximum absolute atomic E-state index is 13.4. The SMILES string of the molecule is O=C(CSc1ccc(Br)cc1)c1cc(F)ccc1F. The van der Waals surface area contributed by atoms with Crippen LogP contribution < -0.4 is 0 Å². The topological polar surface area (TPSA) is 17.1 Å².